The predicted octanol–water partition coefficient (Wildman–Crippen LogP) is 11.3. The predicted molar refractivity (Wildman–Crippen MR) is 218 cm³/mol. The highest BCUT2D eigenvalue weighted by Gasteiger charge is 2.23. The Hall–Kier alpha value is -1.67. The van der Waals surface area contributed by atoms with Gasteiger partial charge in [0.2, 0.25) is 11.8 Å². The Balaban J connectivity index is 4.13. The van der Waals surface area contributed by atoms with Gasteiger partial charge in [0.05, 0.1) is 19.8 Å². The molecule has 0 radical (unpaired) electrons. The van der Waals surface area contributed by atoms with Crippen LogP contribution >= 0.6 is 0 Å². The number of carbonyl (C=O) groups excluding carboxylic acids is 3. The summed E-state index contributed by atoms with van der Waals surface area (Å²) in [4.78, 5) is 38.1. The Bertz CT molecular complexity index is 780. The van der Waals surface area contributed by atoms with Crippen LogP contribution in [0.25, 0.3) is 0 Å². The van der Waals surface area contributed by atoms with E-state index in [0.29, 0.717) is 26.1 Å². The molecule has 0 saturated carbocycles. The van der Waals surface area contributed by atoms with Crippen molar-refractivity contribution >= 4 is 17.8 Å². The molecule has 0 rings (SSSR count). The molecule has 308 valence electrons. The van der Waals surface area contributed by atoms with Gasteiger partial charge < -0.3 is 24.8 Å². The SMILES string of the molecule is CCCCCCCCCCCCCCCCCC(=O)NCC(NC(=O)CCCCCCCCCCCCCCCCC)C(=O)OCCOCCOC. The van der Waals surface area contributed by atoms with Crippen LogP contribution in [0.4, 0.5) is 0 Å². The van der Waals surface area contributed by atoms with E-state index in [4.69, 9.17) is 14.2 Å². The van der Waals surface area contributed by atoms with Gasteiger partial charge >= 0.3 is 5.97 Å². The Morgan fingerprint density at radius 1 is 0.442 bits per heavy atom. The number of hydrogen-bond acceptors (Lipinski definition) is 6. The van der Waals surface area contributed by atoms with E-state index in [1.54, 1.807) is 7.11 Å². The summed E-state index contributed by atoms with van der Waals surface area (Å²) in [5.74, 6) is -0.816. The largest absolute Gasteiger partial charge is 0.462 e. The molecule has 0 aromatic carbocycles. The summed E-state index contributed by atoms with van der Waals surface area (Å²) in [6, 6.07) is -0.909. The number of hydrogen-bond donors (Lipinski definition) is 2. The number of esters is 1. The highest BCUT2D eigenvalue weighted by molar-refractivity contribution is 5.85. The minimum atomic E-state index is -0.909. The lowest BCUT2D eigenvalue weighted by Gasteiger charge is -2.18. The van der Waals surface area contributed by atoms with Crippen LogP contribution in [0.15, 0.2) is 0 Å². The van der Waals surface area contributed by atoms with E-state index >= 15 is 0 Å². The van der Waals surface area contributed by atoms with Gasteiger partial charge in [0, 0.05) is 26.5 Å². The summed E-state index contributed by atoms with van der Waals surface area (Å²) < 4.78 is 15.7. The maximum absolute atomic E-state index is 12.8. The van der Waals surface area contributed by atoms with Gasteiger partial charge in [-0.05, 0) is 12.8 Å². The molecule has 0 aliphatic rings. The number of rotatable bonds is 42. The van der Waals surface area contributed by atoms with Crippen LogP contribution < -0.4 is 10.6 Å². The Morgan fingerprint density at radius 3 is 1.17 bits per heavy atom. The molecule has 0 aliphatic carbocycles. The molecule has 1 unspecified atom stereocenters. The van der Waals surface area contributed by atoms with Crippen molar-refractivity contribution in [2.24, 2.45) is 0 Å². The summed E-state index contributed by atoms with van der Waals surface area (Å²) >= 11 is 0. The van der Waals surface area contributed by atoms with Crippen LogP contribution in [0.1, 0.15) is 219 Å². The van der Waals surface area contributed by atoms with Gasteiger partial charge in [-0.3, -0.25) is 9.59 Å². The Kier molecular flexibility index (Phi) is 40.7. The molecular weight excluding hydrogens is 652 g/mol. The quantitative estimate of drug-likeness (QED) is 0.0477. The maximum atomic E-state index is 12.8. The van der Waals surface area contributed by atoms with Crippen LogP contribution in [0.2, 0.25) is 0 Å². The maximum Gasteiger partial charge on any atom is 0.330 e. The van der Waals surface area contributed by atoms with Crippen molar-refractivity contribution in [3.05, 3.63) is 0 Å². The van der Waals surface area contributed by atoms with Gasteiger partial charge in [0.15, 0.2) is 0 Å². The van der Waals surface area contributed by atoms with E-state index in [9.17, 15) is 14.4 Å². The van der Waals surface area contributed by atoms with Crippen molar-refractivity contribution in [3.8, 4) is 0 Å². The lowest BCUT2D eigenvalue weighted by atomic mass is 10.0. The molecule has 2 N–H and O–H groups in total. The minimum Gasteiger partial charge on any atom is -0.462 e. The molecule has 0 heterocycles. The average molecular weight is 739 g/mol. The molecule has 0 aromatic rings. The van der Waals surface area contributed by atoms with E-state index in [1.165, 1.54) is 154 Å². The zero-order valence-corrected chi connectivity index (χ0v) is 34.7. The van der Waals surface area contributed by atoms with Crippen molar-refractivity contribution in [2.75, 3.05) is 40.1 Å². The first-order chi connectivity index (χ1) is 25.5. The van der Waals surface area contributed by atoms with Crippen LogP contribution in [-0.4, -0.2) is 63.9 Å². The number of ether oxygens (including phenoxy) is 3. The van der Waals surface area contributed by atoms with Gasteiger partial charge in [0.25, 0.3) is 0 Å². The number of amides is 2. The van der Waals surface area contributed by atoms with Crippen molar-refractivity contribution in [1.82, 2.24) is 10.6 Å². The first kappa shape index (κ1) is 50.3. The smallest absolute Gasteiger partial charge is 0.330 e. The zero-order valence-electron chi connectivity index (χ0n) is 34.7. The number of methoxy groups -OCH3 is 1. The molecule has 0 aliphatic heterocycles. The van der Waals surface area contributed by atoms with Crippen molar-refractivity contribution in [3.63, 3.8) is 0 Å². The van der Waals surface area contributed by atoms with E-state index in [2.05, 4.69) is 24.5 Å². The van der Waals surface area contributed by atoms with E-state index in [0.717, 1.165) is 38.5 Å². The third kappa shape index (κ3) is 38.1. The lowest BCUT2D eigenvalue weighted by Crippen LogP contribution is -2.49. The molecule has 8 heteroatoms. The summed E-state index contributed by atoms with van der Waals surface area (Å²) in [5, 5.41) is 5.67. The van der Waals surface area contributed by atoms with Crippen LogP contribution in [0.5, 0.6) is 0 Å². The summed E-state index contributed by atoms with van der Waals surface area (Å²) in [6.07, 6.45) is 39.1. The van der Waals surface area contributed by atoms with Crippen molar-refractivity contribution in [2.45, 2.75) is 225 Å². The first-order valence-electron chi connectivity index (χ1n) is 22.3. The van der Waals surface area contributed by atoms with Gasteiger partial charge in [0.1, 0.15) is 12.6 Å². The Morgan fingerprint density at radius 2 is 0.788 bits per heavy atom. The second-order valence-electron chi connectivity index (χ2n) is 15.1. The van der Waals surface area contributed by atoms with Crippen molar-refractivity contribution in [1.29, 1.82) is 0 Å². The first-order valence-corrected chi connectivity index (χ1v) is 22.3. The lowest BCUT2D eigenvalue weighted by molar-refractivity contribution is -0.149. The Labute approximate surface area is 321 Å². The molecule has 52 heavy (non-hydrogen) atoms. The molecule has 0 aromatic heterocycles. The van der Waals surface area contributed by atoms with E-state index in [-0.39, 0.29) is 31.6 Å². The number of carbonyl (C=O) groups is 3. The standard InChI is InChI=1S/C44H86N2O6/c1-4-6-8-10-12-14-16-18-20-22-24-26-28-30-32-34-42(47)45-40-41(44(49)52-39-38-51-37-36-50-3)46-43(48)35-33-31-29-27-25-23-21-19-17-15-13-11-9-7-5-2/h41H,4-40H2,1-3H3,(H,45,47)(H,46,48). The molecule has 0 spiro atoms. The fourth-order valence-corrected chi connectivity index (χ4v) is 6.62. The summed E-state index contributed by atoms with van der Waals surface area (Å²) in [7, 11) is 1.60. The molecule has 0 fully saturated rings. The number of unbranched alkanes of at least 4 members (excludes halogenated alkanes) is 28. The van der Waals surface area contributed by atoms with E-state index in [1.807, 2.05) is 0 Å². The highest BCUT2D eigenvalue weighted by atomic mass is 16.6. The molecule has 0 saturated heterocycles. The zero-order chi connectivity index (χ0) is 38.0. The molecule has 1 atom stereocenters. The molecule has 2 amide bonds. The fourth-order valence-electron chi connectivity index (χ4n) is 6.62. The summed E-state index contributed by atoms with van der Waals surface area (Å²) in [6.45, 7) is 5.79. The molecule has 0 bridgehead atoms. The van der Waals surface area contributed by atoms with Crippen LogP contribution in [0.3, 0.4) is 0 Å². The van der Waals surface area contributed by atoms with Gasteiger partial charge in [-0.25, -0.2) is 4.79 Å². The fraction of sp³-hybridized carbons (Fsp3) is 0.932. The molecular formula is C44H86N2O6. The number of nitrogens with one attached hydrogen (secondary N) is 2. The molecule has 8 nitrogen and oxygen atoms in total. The van der Waals surface area contributed by atoms with Gasteiger partial charge in [-0.2, -0.15) is 0 Å². The second-order valence-corrected chi connectivity index (χ2v) is 15.1. The summed E-state index contributed by atoms with van der Waals surface area (Å²) in [5.41, 5.74) is 0. The minimum absolute atomic E-state index is 0.0333. The van der Waals surface area contributed by atoms with Crippen LogP contribution in [0, 0.1) is 0 Å². The highest BCUT2D eigenvalue weighted by Crippen LogP contribution is 2.15. The average Bonchev–Trinajstić information content (AvgIpc) is 3.14. The van der Waals surface area contributed by atoms with Crippen LogP contribution in [-0.2, 0) is 28.6 Å². The second kappa shape index (κ2) is 42.1. The topological polar surface area (TPSA) is 103 Å². The normalized spacial score (nSPS) is 11.8. The van der Waals surface area contributed by atoms with Gasteiger partial charge in [-0.1, -0.05) is 194 Å². The third-order valence-electron chi connectivity index (χ3n) is 10.0. The van der Waals surface area contributed by atoms with Gasteiger partial charge in [-0.15, -0.1) is 0 Å². The van der Waals surface area contributed by atoms with E-state index < -0.39 is 12.0 Å². The third-order valence-corrected chi connectivity index (χ3v) is 10.0. The monoisotopic (exact) mass is 739 g/mol. The van der Waals surface area contributed by atoms with Crippen molar-refractivity contribution < 1.29 is 28.6 Å².